The molecule has 0 bridgehead atoms. The first-order chi connectivity index (χ1) is 10.3. The summed E-state index contributed by atoms with van der Waals surface area (Å²) in [6.45, 7) is 10.2. The van der Waals surface area contributed by atoms with E-state index in [1.165, 1.54) is 0 Å². The second-order valence-corrected chi connectivity index (χ2v) is 6.09. The number of aryl methyl sites for hydroxylation is 1. The van der Waals surface area contributed by atoms with E-state index in [-0.39, 0.29) is 17.3 Å². The average Bonchev–Trinajstić information content (AvgIpc) is 2.70. The summed E-state index contributed by atoms with van der Waals surface area (Å²) in [4.78, 5) is 23.8. The van der Waals surface area contributed by atoms with E-state index in [0.717, 1.165) is 23.1 Å². The molecular formula is C18H23NO3. The average molecular weight is 301 g/mol. The van der Waals surface area contributed by atoms with Crippen molar-refractivity contribution >= 4 is 22.7 Å². The summed E-state index contributed by atoms with van der Waals surface area (Å²) in [5.74, 6) is -0.760. The van der Waals surface area contributed by atoms with Crippen LogP contribution in [0.25, 0.3) is 10.9 Å². The minimum atomic E-state index is -0.947. The van der Waals surface area contributed by atoms with Gasteiger partial charge in [0.15, 0.2) is 5.78 Å². The molecule has 0 saturated heterocycles. The van der Waals surface area contributed by atoms with Gasteiger partial charge in [-0.25, -0.2) is 4.79 Å². The summed E-state index contributed by atoms with van der Waals surface area (Å²) in [6, 6.07) is 3.72. The van der Waals surface area contributed by atoms with Gasteiger partial charge >= 0.3 is 5.97 Å². The van der Waals surface area contributed by atoms with Crippen LogP contribution in [-0.2, 0) is 6.54 Å². The van der Waals surface area contributed by atoms with Crippen LogP contribution in [-0.4, -0.2) is 21.4 Å². The SMILES string of the molecule is CCCn1c(C)c(C(C)=O)c2cc(C(C)C)cc(C(=O)O)c21. The van der Waals surface area contributed by atoms with Crippen molar-refractivity contribution < 1.29 is 14.7 Å². The summed E-state index contributed by atoms with van der Waals surface area (Å²) in [6.07, 6.45) is 0.882. The molecule has 0 aliphatic heterocycles. The van der Waals surface area contributed by atoms with Gasteiger partial charge in [0.1, 0.15) is 0 Å². The third-order valence-corrected chi connectivity index (χ3v) is 4.13. The first-order valence-electron chi connectivity index (χ1n) is 7.70. The number of carboxylic acid groups (broad SMARTS) is 1. The van der Waals surface area contributed by atoms with E-state index < -0.39 is 5.97 Å². The molecule has 0 saturated carbocycles. The largest absolute Gasteiger partial charge is 0.478 e. The van der Waals surface area contributed by atoms with Gasteiger partial charge in [0, 0.05) is 23.2 Å². The molecule has 2 aromatic rings. The topological polar surface area (TPSA) is 59.3 Å². The van der Waals surface area contributed by atoms with E-state index >= 15 is 0 Å². The maximum atomic E-state index is 12.1. The number of carboxylic acids is 1. The van der Waals surface area contributed by atoms with Crippen LogP contribution in [0, 0.1) is 6.92 Å². The van der Waals surface area contributed by atoms with Crippen molar-refractivity contribution in [2.75, 3.05) is 0 Å². The van der Waals surface area contributed by atoms with Crippen LogP contribution in [0.15, 0.2) is 12.1 Å². The Morgan fingerprint density at radius 2 is 1.91 bits per heavy atom. The monoisotopic (exact) mass is 301 g/mol. The van der Waals surface area contributed by atoms with Gasteiger partial charge in [0.2, 0.25) is 0 Å². The van der Waals surface area contributed by atoms with Crippen LogP contribution in [0.4, 0.5) is 0 Å². The van der Waals surface area contributed by atoms with Crippen LogP contribution in [0.2, 0.25) is 0 Å². The maximum Gasteiger partial charge on any atom is 0.337 e. The van der Waals surface area contributed by atoms with E-state index in [1.807, 2.05) is 38.3 Å². The fourth-order valence-corrected chi connectivity index (χ4v) is 3.08. The highest BCUT2D eigenvalue weighted by Gasteiger charge is 2.23. The van der Waals surface area contributed by atoms with Gasteiger partial charge in [-0.2, -0.15) is 0 Å². The number of aromatic carboxylic acids is 1. The fraction of sp³-hybridized carbons (Fsp3) is 0.444. The van der Waals surface area contributed by atoms with Crippen LogP contribution < -0.4 is 0 Å². The molecule has 1 N–H and O–H groups in total. The zero-order chi connectivity index (χ0) is 16.6. The molecule has 4 heteroatoms. The summed E-state index contributed by atoms with van der Waals surface area (Å²) in [5, 5.41) is 10.4. The van der Waals surface area contributed by atoms with Crippen molar-refractivity contribution in [2.45, 2.75) is 53.5 Å². The third-order valence-electron chi connectivity index (χ3n) is 4.13. The number of carbonyl (C=O) groups is 2. The van der Waals surface area contributed by atoms with Crippen molar-refractivity contribution in [2.24, 2.45) is 0 Å². The summed E-state index contributed by atoms with van der Waals surface area (Å²) < 4.78 is 1.97. The molecule has 1 aromatic carbocycles. The Balaban J connectivity index is 3.00. The van der Waals surface area contributed by atoms with Crippen molar-refractivity contribution in [3.05, 3.63) is 34.5 Å². The van der Waals surface area contributed by atoms with Crippen LogP contribution in [0.1, 0.15) is 72.0 Å². The number of Topliss-reactive ketones (excluding diaryl/α,β-unsaturated/α-hetero) is 1. The summed E-state index contributed by atoms with van der Waals surface area (Å²) in [5.41, 5.74) is 3.40. The highest BCUT2D eigenvalue weighted by molar-refractivity contribution is 6.13. The Hall–Kier alpha value is -2.10. The minimum Gasteiger partial charge on any atom is -0.478 e. The van der Waals surface area contributed by atoms with Gasteiger partial charge < -0.3 is 9.67 Å². The van der Waals surface area contributed by atoms with E-state index in [1.54, 1.807) is 13.0 Å². The molecule has 0 aliphatic carbocycles. The van der Waals surface area contributed by atoms with E-state index in [0.29, 0.717) is 17.6 Å². The molecule has 2 rings (SSSR count). The van der Waals surface area contributed by atoms with Gasteiger partial charge in [0.05, 0.1) is 11.1 Å². The highest BCUT2D eigenvalue weighted by Crippen LogP contribution is 2.33. The second kappa shape index (κ2) is 5.95. The first-order valence-corrected chi connectivity index (χ1v) is 7.70. The lowest BCUT2D eigenvalue weighted by molar-refractivity contribution is 0.0698. The van der Waals surface area contributed by atoms with Gasteiger partial charge in [-0.3, -0.25) is 4.79 Å². The molecule has 0 spiro atoms. The number of benzene rings is 1. The molecule has 0 amide bonds. The molecule has 22 heavy (non-hydrogen) atoms. The predicted molar refractivity (Wildman–Crippen MR) is 88.0 cm³/mol. The Morgan fingerprint density at radius 1 is 1.27 bits per heavy atom. The molecule has 4 nitrogen and oxygen atoms in total. The number of hydrogen-bond donors (Lipinski definition) is 1. The minimum absolute atomic E-state index is 0.0189. The highest BCUT2D eigenvalue weighted by atomic mass is 16.4. The molecular weight excluding hydrogens is 278 g/mol. The zero-order valence-electron chi connectivity index (χ0n) is 13.9. The lowest BCUT2D eigenvalue weighted by Crippen LogP contribution is -2.06. The molecule has 1 heterocycles. The number of ketones is 1. The summed E-state index contributed by atoms with van der Waals surface area (Å²) in [7, 11) is 0. The Labute approximate surface area is 130 Å². The number of hydrogen-bond acceptors (Lipinski definition) is 2. The Kier molecular flexibility index (Phi) is 4.40. The molecule has 118 valence electrons. The van der Waals surface area contributed by atoms with Gasteiger partial charge in [-0.05, 0) is 43.9 Å². The van der Waals surface area contributed by atoms with Gasteiger partial charge in [-0.15, -0.1) is 0 Å². The number of carbonyl (C=O) groups excluding carboxylic acids is 1. The lowest BCUT2D eigenvalue weighted by atomic mass is 9.96. The van der Waals surface area contributed by atoms with Crippen molar-refractivity contribution in [1.82, 2.24) is 4.57 Å². The zero-order valence-corrected chi connectivity index (χ0v) is 13.9. The Morgan fingerprint density at radius 3 is 2.36 bits per heavy atom. The normalized spacial score (nSPS) is 11.4. The quantitative estimate of drug-likeness (QED) is 0.833. The fourth-order valence-electron chi connectivity index (χ4n) is 3.08. The van der Waals surface area contributed by atoms with E-state index in [4.69, 9.17) is 0 Å². The first kappa shape index (κ1) is 16.3. The third kappa shape index (κ3) is 2.54. The Bertz CT molecular complexity index is 754. The molecule has 0 radical (unpaired) electrons. The van der Waals surface area contributed by atoms with Crippen molar-refractivity contribution in [3.63, 3.8) is 0 Å². The molecule has 1 aromatic heterocycles. The number of rotatable bonds is 5. The van der Waals surface area contributed by atoms with Gasteiger partial charge in [-0.1, -0.05) is 20.8 Å². The van der Waals surface area contributed by atoms with Crippen LogP contribution in [0.3, 0.4) is 0 Å². The molecule has 0 atom stereocenters. The molecule has 0 fully saturated rings. The molecule has 0 aliphatic rings. The smallest absolute Gasteiger partial charge is 0.337 e. The number of fused-ring (bicyclic) bond motifs is 1. The van der Waals surface area contributed by atoms with E-state index in [2.05, 4.69) is 0 Å². The van der Waals surface area contributed by atoms with Crippen LogP contribution in [0.5, 0.6) is 0 Å². The number of aromatic nitrogens is 1. The lowest BCUT2D eigenvalue weighted by Gasteiger charge is -2.11. The van der Waals surface area contributed by atoms with Gasteiger partial charge in [0.25, 0.3) is 0 Å². The second-order valence-electron chi connectivity index (χ2n) is 6.09. The molecule has 0 unspecified atom stereocenters. The summed E-state index contributed by atoms with van der Waals surface area (Å²) >= 11 is 0. The number of nitrogens with zero attached hydrogens (tertiary/aromatic N) is 1. The maximum absolute atomic E-state index is 12.1. The van der Waals surface area contributed by atoms with Crippen LogP contribution >= 0.6 is 0 Å². The van der Waals surface area contributed by atoms with Crippen molar-refractivity contribution in [1.29, 1.82) is 0 Å². The predicted octanol–water partition coefficient (Wildman–Crippen LogP) is 4.38. The standard InChI is InChI=1S/C18H23NO3/c1-6-7-19-11(4)16(12(5)20)14-8-13(10(2)3)9-15(17(14)19)18(21)22/h8-10H,6-7H2,1-5H3,(H,21,22). The van der Waals surface area contributed by atoms with E-state index in [9.17, 15) is 14.7 Å². The van der Waals surface area contributed by atoms with Crippen molar-refractivity contribution in [3.8, 4) is 0 Å².